The van der Waals surface area contributed by atoms with Gasteiger partial charge < -0.3 is 30.5 Å². The van der Waals surface area contributed by atoms with E-state index in [4.69, 9.17) is 9.47 Å². The summed E-state index contributed by atoms with van der Waals surface area (Å²) in [5.41, 5.74) is 0.445. The monoisotopic (exact) mass is 591 g/mol. The Labute approximate surface area is 236 Å². The number of hydrogen-bond donors (Lipinski definition) is 4. The number of fused-ring (bicyclic) bond motifs is 3. The fourth-order valence-corrected chi connectivity index (χ4v) is 5.15. The zero-order valence-corrected chi connectivity index (χ0v) is 21.9. The summed E-state index contributed by atoms with van der Waals surface area (Å²) >= 11 is 0. The molecule has 13 heteroatoms. The lowest BCUT2D eigenvalue weighted by atomic mass is 9.84. The molecule has 0 bridgehead atoms. The number of aliphatic hydroxyl groups is 1. The largest absolute Gasteiger partial charge is 0.487 e. The number of halogens is 5. The summed E-state index contributed by atoms with van der Waals surface area (Å²) < 4.78 is 77.6. The van der Waals surface area contributed by atoms with Crippen LogP contribution in [-0.2, 0) is 22.3 Å². The number of alkyl halides is 3. The Kier molecular flexibility index (Phi) is 8.32. The molecule has 0 spiro atoms. The predicted molar refractivity (Wildman–Crippen MR) is 141 cm³/mol. The summed E-state index contributed by atoms with van der Waals surface area (Å²) in [6.45, 7) is -0.581. The van der Waals surface area contributed by atoms with Gasteiger partial charge in [-0.1, -0.05) is 0 Å². The standard InChI is InChI=1S/C29H26F5N3O5/c30-17-3-7-23(31)15(9-17)13-35-26(39)12-20-11-22-21-10-19(6-8-24(21)42-27(22)25(14-38)41-20)37-28(40)36-18-4-1-16(2-5-18)29(32,33)34/h1-10,20,22,25,27,38H,11-14H2,(H,35,39)(H2,36,37,40)/t20-,22+,25+,27-/m0/s1. The van der Waals surface area contributed by atoms with Crippen LogP contribution in [0.4, 0.5) is 38.1 Å². The fourth-order valence-electron chi connectivity index (χ4n) is 5.15. The minimum atomic E-state index is -4.49. The molecule has 4 atom stereocenters. The minimum Gasteiger partial charge on any atom is -0.487 e. The van der Waals surface area contributed by atoms with Crippen LogP contribution in [0.3, 0.4) is 0 Å². The zero-order valence-electron chi connectivity index (χ0n) is 21.9. The van der Waals surface area contributed by atoms with Crippen molar-refractivity contribution in [1.82, 2.24) is 5.32 Å². The fraction of sp³-hybridized carbons (Fsp3) is 0.310. The average Bonchev–Trinajstić information content (AvgIpc) is 3.30. The molecule has 4 N–H and O–H groups in total. The van der Waals surface area contributed by atoms with Crippen LogP contribution in [0.15, 0.2) is 60.7 Å². The molecule has 3 aromatic rings. The molecule has 8 nitrogen and oxygen atoms in total. The number of carbonyl (C=O) groups excluding carboxylic acids is 2. The lowest BCUT2D eigenvalue weighted by molar-refractivity contribution is -0.142. The van der Waals surface area contributed by atoms with Gasteiger partial charge in [0.1, 0.15) is 29.6 Å². The van der Waals surface area contributed by atoms with Gasteiger partial charge in [0.05, 0.1) is 24.7 Å². The highest BCUT2D eigenvalue weighted by Gasteiger charge is 2.46. The molecule has 5 rings (SSSR count). The third kappa shape index (κ3) is 6.63. The van der Waals surface area contributed by atoms with Gasteiger partial charge in [0.25, 0.3) is 0 Å². The van der Waals surface area contributed by atoms with Gasteiger partial charge >= 0.3 is 12.2 Å². The normalized spacial score (nSPS) is 21.1. The summed E-state index contributed by atoms with van der Waals surface area (Å²) in [6.07, 6.45) is -6.14. The van der Waals surface area contributed by atoms with Gasteiger partial charge in [0.2, 0.25) is 5.91 Å². The average molecular weight is 592 g/mol. The first-order valence-electron chi connectivity index (χ1n) is 13.0. The highest BCUT2D eigenvalue weighted by Crippen LogP contribution is 2.47. The van der Waals surface area contributed by atoms with E-state index in [1.165, 1.54) is 0 Å². The van der Waals surface area contributed by atoms with E-state index >= 15 is 0 Å². The third-order valence-corrected chi connectivity index (χ3v) is 7.12. The Hall–Kier alpha value is -4.23. The van der Waals surface area contributed by atoms with Crippen LogP contribution in [0.5, 0.6) is 5.75 Å². The molecule has 0 aromatic heterocycles. The van der Waals surface area contributed by atoms with Gasteiger partial charge in [0.15, 0.2) is 0 Å². The van der Waals surface area contributed by atoms with Crippen LogP contribution in [0, 0.1) is 11.6 Å². The van der Waals surface area contributed by atoms with Crippen LogP contribution in [0.2, 0.25) is 0 Å². The van der Waals surface area contributed by atoms with Crippen molar-refractivity contribution in [2.75, 3.05) is 17.2 Å². The van der Waals surface area contributed by atoms with E-state index in [-0.39, 0.29) is 36.7 Å². The van der Waals surface area contributed by atoms with Crippen molar-refractivity contribution in [3.05, 3.63) is 89.0 Å². The maximum atomic E-state index is 13.9. The summed E-state index contributed by atoms with van der Waals surface area (Å²) in [4.78, 5) is 25.1. The number of anilines is 2. The Bertz CT molecular complexity index is 1470. The molecule has 3 aromatic carbocycles. The second-order valence-corrected chi connectivity index (χ2v) is 10.0. The molecular formula is C29H26F5N3O5. The molecule has 0 unspecified atom stereocenters. The number of urea groups is 1. The van der Waals surface area contributed by atoms with Gasteiger partial charge in [-0.05, 0) is 67.1 Å². The Morgan fingerprint density at radius 1 is 0.952 bits per heavy atom. The van der Waals surface area contributed by atoms with Crippen molar-refractivity contribution in [3.63, 3.8) is 0 Å². The van der Waals surface area contributed by atoms with Gasteiger partial charge in [-0.15, -0.1) is 0 Å². The van der Waals surface area contributed by atoms with Gasteiger partial charge in [-0.3, -0.25) is 4.79 Å². The van der Waals surface area contributed by atoms with E-state index in [0.717, 1.165) is 48.0 Å². The number of aliphatic hydroxyl groups excluding tert-OH is 1. The topological polar surface area (TPSA) is 109 Å². The molecule has 42 heavy (non-hydrogen) atoms. The molecule has 0 saturated carbocycles. The molecule has 1 saturated heterocycles. The molecule has 222 valence electrons. The van der Waals surface area contributed by atoms with Crippen LogP contribution in [0.25, 0.3) is 0 Å². The minimum absolute atomic E-state index is 0.00159. The van der Waals surface area contributed by atoms with E-state index in [2.05, 4.69) is 16.0 Å². The van der Waals surface area contributed by atoms with E-state index in [1.54, 1.807) is 18.2 Å². The lowest BCUT2D eigenvalue weighted by Crippen LogP contribution is -2.47. The predicted octanol–water partition coefficient (Wildman–Crippen LogP) is 5.33. The smallest absolute Gasteiger partial charge is 0.416 e. The van der Waals surface area contributed by atoms with E-state index in [0.29, 0.717) is 17.9 Å². The Balaban J connectivity index is 1.22. The van der Waals surface area contributed by atoms with Crippen LogP contribution < -0.4 is 20.7 Å². The molecule has 2 heterocycles. The van der Waals surface area contributed by atoms with Crippen LogP contribution in [0.1, 0.15) is 35.4 Å². The number of benzene rings is 3. The first kappa shape index (κ1) is 29.3. The number of hydrogen-bond acceptors (Lipinski definition) is 5. The van der Waals surface area contributed by atoms with E-state index in [9.17, 15) is 36.6 Å². The van der Waals surface area contributed by atoms with Crippen molar-refractivity contribution in [2.24, 2.45) is 0 Å². The number of rotatable bonds is 7. The van der Waals surface area contributed by atoms with Crippen LogP contribution >= 0.6 is 0 Å². The second kappa shape index (κ2) is 11.9. The summed E-state index contributed by atoms with van der Waals surface area (Å²) in [6, 6.07) is 11.2. The second-order valence-electron chi connectivity index (χ2n) is 10.0. The van der Waals surface area contributed by atoms with E-state index < -0.39 is 53.6 Å². The third-order valence-electron chi connectivity index (χ3n) is 7.12. The first-order valence-corrected chi connectivity index (χ1v) is 13.0. The summed E-state index contributed by atoms with van der Waals surface area (Å²) in [5, 5.41) is 17.6. The van der Waals surface area contributed by atoms with Crippen molar-refractivity contribution in [3.8, 4) is 5.75 Å². The summed E-state index contributed by atoms with van der Waals surface area (Å²) in [5.74, 6) is -1.49. The van der Waals surface area contributed by atoms with E-state index in [1.807, 2.05) is 0 Å². The van der Waals surface area contributed by atoms with Crippen molar-refractivity contribution < 1.29 is 46.1 Å². The molecular weight excluding hydrogens is 565 g/mol. The zero-order chi connectivity index (χ0) is 30.0. The molecule has 1 fully saturated rings. The molecule has 2 aliphatic rings. The number of amides is 3. The SMILES string of the molecule is O=C(C[C@@H]1C[C@@H]2c3cc(NC(=O)Nc4ccc(C(F)(F)F)cc4)ccc3O[C@@H]2[C@@H](CO)O1)NCc1cc(F)ccc1F. The van der Waals surface area contributed by atoms with Crippen molar-refractivity contribution >= 4 is 23.3 Å². The maximum absolute atomic E-state index is 13.9. The van der Waals surface area contributed by atoms with Gasteiger partial charge in [-0.25, -0.2) is 13.6 Å². The number of ether oxygens (including phenoxy) is 2. The lowest BCUT2D eigenvalue weighted by Gasteiger charge is -2.37. The molecule has 0 radical (unpaired) electrons. The number of carbonyl (C=O) groups is 2. The van der Waals surface area contributed by atoms with Crippen molar-refractivity contribution in [1.29, 1.82) is 0 Å². The van der Waals surface area contributed by atoms with Gasteiger partial charge in [0, 0.05) is 35.0 Å². The first-order chi connectivity index (χ1) is 20.0. The Morgan fingerprint density at radius 2 is 1.67 bits per heavy atom. The summed E-state index contributed by atoms with van der Waals surface area (Å²) in [7, 11) is 0. The quantitative estimate of drug-likeness (QED) is 0.278. The van der Waals surface area contributed by atoms with Crippen molar-refractivity contribution in [2.45, 2.75) is 49.8 Å². The number of nitrogens with one attached hydrogen (secondary N) is 3. The van der Waals surface area contributed by atoms with Gasteiger partial charge in [-0.2, -0.15) is 13.2 Å². The highest BCUT2D eigenvalue weighted by atomic mass is 19.4. The molecule has 0 aliphatic carbocycles. The maximum Gasteiger partial charge on any atom is 0.416 e. The molecule has 3 amide bonds. The molecule has 2 aliphatic heterocycles. The van der Waals surface area contributed by atoms with Crippen LogP contribution in [-0.4, -0.2) is 42.0 Å². The highest BCUT2D eigenvalue weighted by molar-refractivity contribution is 5.99. The Morgan fingerprint density at radius 3 is 2.38 bits per heavy atom.